The average Bonchev–Trinajstić information content (AvgIpc) is 3.22. The fourth-order valence-electron chi connectivity index (χ4n) is 3.61. The molecule has 2 saturated heterocycles. The molecule has 0 spiro atoms. The number of piperazine rings is 1. The van der Waals surface area contributed by atoms with Crippen LogP contribution < -0.4 is 9.80 Å². The summed E-state index contributed by atoms with van der Waals surface area (Å²) in [6.45, 7) is 3.00. The number of aromatic nitrogens is 1. The summed E-state index contributed by atoms with van der Waals surface area (Å²) in [4.78, 5) is 36.8. The molecule has 0 unspecified atom stereocenters. The molecule has 0 radical (unpaired) electrons. The third-order valence-electron chi connectivity index (χ3n) is 5.33. The van der Waals surface area contributed by atoms with Gasteiger partial charge in [0.15, 0.2) is 0 Å². The van der Waals surface area contributed by atoms with E-state index in [2.05, 4.69) is 19.9 Å². The molecule has 2 aromatic rings. The SMILES string of the molecule is [N-]=[N+]=NC[C@H]1CN(c2ccc(N3CCN(C(=O)OCc4ccccc4)CC3)nc2)C(=O)O1. The molecule has 166 valence electrons. The van der Waals surface area contributed by atoms with Crippen LogP contribution in [0.25, 0.3) is 10.4 Å². The predicted octanol–water partition coefficient (Wildman–Crippen LogP) is 3.18. The fourth-order valence-corrected chi connectivity index (χ4v) is 3.61. The van der Waals surface area contributed by atoms with Crippen molar-refractivity contribution in [2.45, 2.75) is 12.7 Å². The van der Waals surface area contributed by atoms with Crippen molar-refractivity contribution in [1.29, 1.82) is 0 Å². The van der Waals surface area contributed by atoms with Gasteiger partial charge in [-0.25, -0.2) is 14.6 Å². The van der Waals surface area contributed by atoms with Gasteiger partial charge in [-0.15, -0.1) is 0 Å². The Morgan fingerprint density at radius 3 is 2.66 bits per heavy atom. The average molecular weight is 437 g/mol. The second kappa shape index (κ2) is 9.88. The predicted molar refractivity (Wildman–Crippen MR) is 116 cm³/mol. The number of amides is 2. The normalized spacial score (nSPS) is 18.2. The molecule has 32 heavy (non-hydrogen) atoms. The largest absolute Gasteiger partial charge is 0.445 e. The molecule has 0 N–H and O–H groups in total. The molecular formula is C21H23N7O4. The lowest BCUT2D eigenvalue weighted by atomic mass is 10.2. The van der Waals surface area contributed by atoms with Crippen molar-refractivity contribution in [3.05, 3.63) is 64.7 Å². The third-order valence-corrected chi connectivity index (χ3v) is 5.33. The number of pyridine rings is 1. The van der Waals surface area contributed by atoms with E-state index in [4.69, 9.17) is 15.0 Å². The minimum atomic E-state index is -0.486. The zero-order chi connectivity index (χ0) is 22.3. The van der Waals surface area contributed by atoms with E-state index in [1.165, 1.54) is 4.90 Å². The van der Waals surface area contributed by atoms with Gasteiger partial charge in [-0.3, -0.25) is 4.90 Å². The molecule has 2 fully saturated rings. The number of carbonyl (C=O) groups excluding carboxylic acids is 2. The highest BCUT2D eigenvalue weighted by Gasteiger charge is 2.32. The molecular weight excluding hydrogens is 414 g/mol. The Bertz CT molecular complexity index is 987. The summed E-state index contributed by atoms with van der Waals surface area (Å²) >= 11 is 0. The number of nitrogens with zero attached hydrogens (tertiary/aromatic N) is 7. The van der Waals surface area contributed by atoms with Gasteiger partial charge >= 0.3 is 12.2 Å². The minimum absolute atomic E-state index is 0.0995. The Balaban J connectivity index is 1.27. The molecule has 0 saturated carbocycles. The summed E-state index contributed by atoms with van der Waals surface area (Å²) in [6.07, 6.45) is 0.347. The van der Waals surface area contributed by atoms with Crippen LogP contribution in [0.4, 0.5) is 21.1 Å². The quantitative estimate of drug-likeness (QED) is 0.388. The van der Waals surface area contributed by atoms with E-state index in [0.29, 0.717) is 38.4 Å². The zero-order valence-electron chi connectivity index (χ0n) is 17.4. The monoisotopic (exact) mass is 437 g/mol. The van der Waals surface area contributed by atoms with Crippen molar-refractivity contribution in [1.82, 2.24) is 9.88 Å². The van der Waals surface area contributed by atoms with E-state index in [1.54, 1.807) is 17.2 Å². The van der Waals surface area contributed by atoms with Crippen LogP contribution in [-0.4, -0.2) is 67.4 Å². The number of ether oxygens (including phenoxy) is 2. The van der Waals surface area contributed by atoms with Crippen molar-refractivity contribution in [3.63, 3.8) is 0 Å². The first-order valence-corrected chi connectivity index (χ1v) is 10.3. The third kappa shape index (κ3) is 5.01. The number of benzene rings is 1. The van der Waals surface area contributed by atoms with Crippen LogP contribution in [0.2, 0.25) is 0 Å². The topological polar surface area (TPSA) is 124 Å². The van der Waals surface area contributed by atoms with Crippen LogP contribution in [0.5, 0.6) is 0 Å². The number of hydrogen-bond donors (Lipinski definition) is 0. The molecule has 3 heterocycles. The molecule has 1 aromatic heterocycles. The highest BCUT2D eigenvalue weighted by molar-refractivity contribution is 5.89. The van der Waals surface area contributed by atoms with Crippen molar-refractivity contribution in [3.8, 4) is 0 Å². The second-order valence-electron chi connectivity index (χ2n) is 7.42. The van der Waals surface area contributed by atoms with Crippen molar-refractivity contribution < 1.29 is 19.1 Å². The summed E-state index contributed by atoms with van der Waals surface area (Å²) in [5, 5.41) is 3.45. The first kappa shape index (κ1) is 21.3. The van der Waals surface area contributed by atoms with Gasteiger partial charge in [0, 0.05) is 31.1 Å². The molecule has 4 rings (SSSR count). The van der Waals surface area contributed by atoms with Crippen LogP contribution in [-0.2, 0) is 16.1 Å². The van der Waals surface area contributed by atoms with Crippen molar-refractivity contribution in [2.75, 3.05) is 49.1 Å². The Morgan fingerprint density at radius 1 is 1.19 bits per heavy atom. The molecule has 1 aromatic carbocycles. The molecule has 0 aliphatic carbocycles. The van der Waals surface area contributed by atoms with Gasteiger partial charge in [0.1, 0.15) is 18.5 Å². The van der Waals surface area contributed by atoms with Gasteiger partial charge < -0.3 is 19.3 Å². The Hall–Kier alpha value is -3.98. The van der Waals surface area contributed by atoms with Crippen LogP contribution in [0, 0.1) is 0 Å². The zero-order valence-corrected chi connectivity index (χ0v) is 17.4. The maximum absolute atomic E-state index is 12.3. The molecule has 1 atom stereocenters. The van der Waals surface area contributed by atoms with Crippen LogP contribution in [0.1, 0.15) is 5.56 Å². The van der Waals surface area contributed by atoms with Gasteiger partial charge in [-0.05, 0) is 23.2 Å². The first-order chi connectivity index (χ1) is 15.6. The van der Waals surface area contributed by atoms with Gasteiger partial charge in [-0.2, -0.15) is 0 Å². The highest BCUT2D eigenvalue weighted by Crippen LogP contribution is 2.24. The maximum atomic E-state index is 12.3. The lowest BCUT2D eigenvalue weighted by Crippen LogP contribution is -2.49. The van der Waals surface area contributed by atoms with Crippen LogP contribution in [0.15, 0.2) is 53.8 Å². The number of hydrogen-bond acceptors (Lipinski definition) is 7. The van der Waals surface area contributed by atoms with E-state index in [-0.39, 0.29) is 19.2 Å². The molecule has 2 aliphatic rings. The highest BCUT2D eigenvalue weighted by atomic mass is 16.6. The minimum Gasteiger partial charge on any atom is -0.445 e. The summed E-state index contributed by atoms with van der Waals surface area (Å²) in [5.74, 6) is 0.768. The molecule has 2 amide bonds. The second-order valence-corrected chi connectivity index (χ2v) is 7.42. The summed E-state index contributed by atoms with van der Waals surface area (Å²) in [5.41, 5.74) is 9.98. The number of carbonyl (C=O) groups is 2. The van der Waals surface area contributed by atoms with E-state index in [9.17, 15) is 9.59 Å². The number of rotatable bonds is 6. The summed E-state index contributed by atoms with van der Waals surface area (Å²) in [6, 6.07) is 13.2. The van der Waals surface area contributed by atoms with Gasteiger partial charge in [0.05, 0.1) is 25.0 Å². The Morgan fingerprint density at radius 2 is 1.97 bits per heavy atom. The fraction of sp³-hybridized carbons (Fsp3) is 0.381. The number of anilines is 2. The van der Waals surface area contributed by atoms with Gasteiger partial charge in [0.2, 0.25) is 0 Å². The Labute approximate surface area is 184 Å². The standard InChI is InChI=1S/C21H23N7O4/c22-25-24-13-18-14-28(21(30)32-18)17-6-7-19(23-12-17)26-8-10-27(11-9-26)20(29)31-15-16-4-2-1-3-5-16/h1-7,12,18H,8-11,13-15H2/t18-/m0/s1. The van der Waals surface area contributed by atoms with E-state index >= 15 is 0 Å². The van der Waals surface area contributed by atoms with Crippen LogP contribution in [0.3, 0.4) is 0 Å². The van der Waals surface area contributed by atoms with Gasteiger partial charge in [0.25, 0.3) is 0 Å². The lowest BCUT2D eigenvalue weighted by Gasteiger charge is -2.34. The summed E-state index contributed by atoms with van der Waals surface area (Å²) < 4.78 is 10.6. The van der Waals surface area contributed by atoms with Crippen LogP contribution >= 0.6 is 0 Å². The maximum Gasteiger partial charge on any atom is 0.414 e. The van der Waals surface area contributed by atoms with Crippen molar-refractivity contribution in [2.24, 2.45) is 5.11 Å². The molecule has 11 nitrogen and oxygen atoms in total. The van der Waals surface area contributed by atoms with Gasteiger partial charge in [-0.1, -0.05) is 35.4 Å². The Kier molecular flexibility index (Phi) is 6.57. The molecule has 2 aliphatic heterocycles. The van der Waals surface area contributed by atoms with E-state index < -0.39 is 12.2 Å². The summed E-state index contributed by atoms with van der Waals surface area (Å²) in [7, 11) is 0. The van der Waals surface area contributed by atoms with E-state index in [0.717, 1.165) is 11.4 Å². The number of azide groups is 1. The lowest BCUT2D eigenvalue weighted by molar-refractivity contribution is 0.0941. The van der Waals surface area contributed by atoms with Crippen molar-refractivity contribution >= 4 is 23.7 Å². The van der Waals surface area contributed by atoms with E-state index in [1.807, 2.05) is 36.4 Å². The first-order valence-electron chi connectivity index (χ1n) is 10.3. The smallest absolute Gasteiger partial charge is 0.414 e. The molecule has 11 heteroatoms. The molecule has 0 bridgehead atoms. The number of cyclic esters (lactones) is 1.